The largest absolute Gasteiger partial charge is 0.459 e. The summed E-state index contributed by atoms with van der Waals surface area (Å²) in [7, 11) is 0. The summed E-state index contributed by atoms with van der Waals surface area (Å²) in [5.74, 6) is -1.90. The van der Waals surface area contributed by atoms with E-state index in [9.17, 15) is 19.2 Å². The van der Waals surface area contributed by atoms with E-state index in [1.54, 1.807) is 52.0 Å². The third-order valence-corrected chi connectivity index (χ3v) is 9.72. The van der Waals surface area contributed by atoms with Gasteiger partial charge in [-0.05, 0) is 102 Å². The van der Waals surface area contributed by atoms with E-state index in [0.717, 1.165) is 72.2 Å². The molecule has 0 aliphatic heterocycles. The average molecular weight is 609 g/mol. The van der Waals surface area contributed by atoms with Crippen molar-refractivity contribution >= 4 is 56.4 Å². The van der Waals surface area contributed by atoms with Crippen molar-refractivity contribution in [3.05, 3.63) is 67.4 Å². The van der Waals surface area contributed by atoms with E-state index < -0.39 is 23.8 Å². The molecule has 0 saturated carbocycles. The molecule has 42 heavy (non-hydrogen) atoms. The summed E-state index contributed by atoms with van der Waals surface area (Å²) in [6, 6.07) is 6.54. The van der Waals surface area contributed by atoms with Crippen molar-refractivity contribution in [2.24, 2.45) is 0 Å². The molecule has 2 aromatic heterocycles. The first kappa shape index (κ1) is 30.0. The minimum Gasteiger partial charge on any atom is -0.459 e. The number of hydrogen-bond acceptors (Lipinski definition) is 8. The van der Waals surface area contributed by atoms with Crippen LogP contribution in [0.3, 0.4) is 0 Å². The second-order valence-electron chi connectivity index (χ2n) is 11.2. The Labute approximate surface area is 253 Å². The van der Waals surface area contributed by atoms with E-state index in [-0.39, 0.29) is 23.3 Å². The topological polar surface area (TPSA) is 111 Å². The molecule has 0 unspecified atom stereocenters. The molecule has 0 atom stereocenters. The van der Waals surface area contributed by atoms with Crippen LogP contribution in [0.15, 0.2) is 24.3 Å². The zero-order chi connectivity index (χ0) is 30.0. The van der Waals surface area contributed by atoms with Crippen LogP contribution in [-0.2, 0) is 35.2 Å². The first-order valence-corrected chi connectivity index (χ1v) is 16.2. The van der Waals surface area contributed by atoms with Gasteiger partial charge in [-0.25, -0.2) is 9.59 Å². The van der Waals surface area contributed by atoms with Gasteiger partial charge in [0.2, 0.25) is 0 Å². The molecule has 222 valence electrons. The number of ether oxygens (including phenoxy) is 2. The molecule has 0 bridgehead atoms. The SMILES string of the molecule is CC(C)OC(=O)c1c(NC(=O)c2ccccc2C(=O)Nc2sc3c(c2C(=O)OC(C)C)CCCC3)sc2c1CCCC2. The van der Waals surface area contributed by atoms with Crippen LogP contribution in [0, 0.1) is 0 Å². The maximum Gasteiger partial charge on any atom is 0.341 e. The highest BCUT2D eigenvalue weighted by Crippen LogP contribution is 2.40. The maximum absolute atomic E-state index is 13.6. The van der Waals surface area contributed by atoms with E-state index in [1.807, 2.05) is 0 Å². The van der Waals surface area contributed by atoms with Crippen molar-refractivity contribution < 1.29 is 28.7 Å². The maximum atomic E-state index is 13.6. The minimum atomic E-state index is -0.497. The average Bonchev–Trinajstić information content (AvgIpc) is 3.49. The molecule has 0 radical (unpaired) electrons. The van der Waals surface area contributed by atoms with Crippen LogP contribution >= 0.6 is 22.7 Å². The molecular formula is C32H36N2O6S2. The molecule has 0 fully saturated rings. The molecule has 2 N–H and O–H groups in total. The van der Waals surface area contributed by atoms with Gasteiger partial charge in [0.1, 0.15) is 10.0 Å². The van der Waals surface area contributed by atoms with Gasteiger partial charge in [0, 0.05) is 9.75 Å². The van der Waals surface area contributed by atoms with Crippen LogP contribution in [0.2, 0.25) is 0 Å². The third kappa shape index (κ3) is 6.29. The number of benzene rings is 1. The van der Waals surface area contributed by atoms with Crippen molar-refractivity contribution in [2.75, 3.05) is 10.6 Å². The van der Waals surface area contributed by atoms with Crippen LogP contribution in [0.25, 0.3) is 0 Å². The Balaban J connectivity index is 1.43. The first-order chi connectivity index (χ1) is 20.1. The number of carbonyl (C=O) groups is 4. The number of fused-ring (bicyclic) bond motifs is 2. The molecule has 1 aromatic carbocycles. The van der Waals surface area contributed by atoms with Gasteiger partial charge in [-0.3, -0.25) is 9.59 Å². The molecule has 2 aliphatic carbocycles. The standard InChI is InChI=1S/C32H36N2O6S2/c1-17(2)39-31(37)25-21-13-7-9-15-23(21)41-29(25)33-27(35)19-11-5-6-12-20(19)28(36)34-30-26(32(38)40-18(3)4)22-14-8-10-16-24(22)42-30/h5-6,11-12,17-18H,7-10,13-16H2,1-4H3,(H,33,35)(H,34,36). The summed E-state index contributed by atoms with van der Waals surface area (Å²) in [5.41, 5.74) is 3.04. The van der Waals surface area contributed by atoms with Crippen molar-refractivity contribution in [3.63, 3.8) is 0 Å². The number of nitrogens with one attached hydrogen (secondary N) is 2. The molecule has 0 spiro atoms. The van der Waals surface area contributed by atoms with Crippen molar-refractivity contribution in [1.82, 2.24) is 0 Å². The van der Waals surface area contributed by atoms with Crippen molar-refractivity contribution in [1.29, 1.82) is 0 Å². The molecule has 5 rings (SSSR count). The van der Waals surface area contributed by atoms with Gasteiger partial charge in [0.05, 0.1) is 34.5 Å². The predicted octanol–water partition coefficient (Wildman–Crippen LogP) is 7.20. The summed E-state index contributed by atoms with van der Waals surface area (Å²) in [5, 5.41) is 6.72. The summed E-state index contributed by atoms with van der Waals surface area (Å²) >= 11 is 2.80. The Kier molecular flexibility index (Phi) is 9.13. The Bertz CT molecular complexity index is 1420. The van der Waals surface area contributed by atoms with Gasteiger partial charge in [-0.2, -0.15) is 0 Å². The number of hydrogen-bond donors (Lipinski definition) is 2. The molecule has 10 heteroatoms. The van der Waals surface area contributed by atoms with Crippen LogP contribution < -0.4 is 10.6 Å². The predicted molar refractivity (Wildman–Crippen MR) is 165 cm³/mol. The van der Waals surface area contributed by atoms with Crippen molar-refractivity contribution in [3.8, 4) is 0 Å². The second-order valence-corrected chi connectivity index (χ2v) is 13.4. The van der Waals surface area contributed by atoms with Crippen molar-refractivity contribution in [2.45, 2.75) is 91.3 Å². The third-order valence-electron chi connectivity index (χ3n) is 7.31. The molecule has 0 saturated heterocycles. The normalized spacial score (nSPS) is 14.2. The molecule has 2 amide bonds. The van der Waals surface area contributed by atoms with E-state index in [1.165, 1.54) is 22.7 Å². The van der Waals surface area contributed by atoms with E-state index in [4.69, 9.17) is 9.47 Å². The molecule has 8 nitrogen and oxygen atoms in total. The van der Waals surface area contributed by atoms with Gasteiger partial charge in [0.25, 0.3) is 11.8 Å². The summed E-state index contributed by atoms with van der Waals surface area (Å²) in [6.45, 7) is 7.17. The molecular weight excluding hydrogens is 572 g/mol. The Hall–Kier alpha value is -3.50. The number of anilines is 2. The van der Waals surface area contributed by atoms with Gasteiger partial charge >= 0.3 is 11.9 Å². The number of rotatable bonds is 8. The fourth-order valence-corrected chi connectivity index (χ4v) is 8.05. The van der Waals surface area contributed by atoms with Gasteiger partial charge in [-0.1, -0.05) is 12.1 Å². The van der Waals surface area contributed by atoms with E-state index in [2.05, 4.69) is 10.6 Å². The second kappa shape index (κ2) is 12.8. The Morgan fingerprint density at radius 2 is 1.02 bits per heavy atom. The van der Waals surface area contributed by atoms with Gasteiger partial charge in [-0.15, -0.1) is 22.7 Å². The highest BCUT2D eigenvalue weighted by molar-refractivity contribution is 7.17. The van der Waals surface area contributed by atoms with Crippen LogP contribution in [-0.4, -0.2) is 36.0 Å². The number of esters is 2. The fraction of sp³-hybridized carbons (Fsp3) is 0.438. The highest BCUT2D eigenvalue weighted by Gasteiger charge is 2.31. The zero-order valence-electron chi connectivity index (χ0n) is 24.4. The van der Waals surface area contributed by atoms with Crippen LogP contribution in [0.4, 0.5) is 10.0 Å². The van der Waals surface area contributed by atoms with Gasteiger partial charge < -0.3 is 20.1 Å². The quantitative estimate of drug-likeness (QED) is 0.262. The lowest BCUT2D eigenvalue weighted by Crippen LogP contribution is -2.22. The highest BCUT2D eigenvalue weighted by atomic mass is 32.1. The molecule has 3 aromatic rings. The minimum absolute atomic E-state index is 0.164. The lowest BCUT2D eigenvalue weighted by molar-refractivity contribution is 0.0367. The Morgan fingerprint density at radius 1 is 0.643 bits per heavy atom. The molecule has 2 heterocycles. The summed E-state index contributed by atoms with van der Waals surface area (Å²) < 4.78 is 11.0. The molecule has 2 aliphatic rings. The van der Waals surface area contributed by atoms with E-state index in [0.29, 0.717) is 21.1 Å². The number of carbonyl (C=O) groups excluding carboxylic acids is 4. The monoisotopic (exact) mass is 608 g/mol. The number of aryl methyl sites for hydroxylation is 2. The first-order valence-electron chi connectivity index (χ1n) is 14.6. The Morgan fingerprint density at radius 3 is 1.40 bits per heavy atom. The lowest BCUT2D eigenvalue weighted by Gasteiger charge is -2.15. The zero-order valence-corrected chi connectivity index (χ0v) is 26.0. The summed E-state index contributed by atoms with van der Waals surface area (Å²) in [4.78, 5) is 55.6. The summed E-state index contributed by atoms with van der Waals surface area (Å²) in [6.07, 6.45) is 6.63. The van der Waals surface area contributed by atoms with Gasteiger partial charge in [0.15, 0.2) is 0 Å². The lowest BCUT2D eigenvalue weighted by atomic mass is 9.95. The van der Waals surface area contributed by atoms with Crippen LogP contribution in [0.5, 0.6) is 0 Å². The smallest absolute Gasteiger partial charge is 0.341 e. The van der Waals surface area contributed by atoms with E-state index >= 15 is 0 Å². The number of thiophene rings is 2. The fourth-order valence-electron chi connectivity index (χ4n) is 5.51. The van der Waals surface area contributed by atoms with Crippen LogP contribution in [0.1, 0.15) is 116 Å². The number of amides is 2.